The largest absolute Gasteiger partial charge is 0.508 e. The van der Waals surface area contributed by atoms with Crippen molar-refractivity contribution in [3.63, 3.8) is 0 Å². The van der Waals surface area contributed by atoms with E-state index in [0.29, 0.717) is 5.69 Å². The van der Waals surface area contributed by atoms with Gasteiger partial charge in [-0.15, -0.1) is 0 Å². The summed E-state index contributed by atoms with van der Waals surface area (Å²) in [7, 11) is 0. The van der Waals surface area contributed by atoms with Crippen LogP contribution in [0, 0.1) is 5.95 Å². The number of ketones is 1. The predicted molar refractivity (Wildman–Crippen MR) is 55.2 cm³/mol. The molecule has 0 fully saturated rings. The Morgan fingerprint density at radius 1 is 1.38 bits per heavy atom. The summed E-state index contributed by atoms with van der Waals surface area (Å²) in [6.07, 6.45) is 1.19. The number of benzene rings is 1. The molecule has 16 heavy (non-hydrogen) atoms. The van der Waals surface area contributed by atoms with Gasteiger partial charge in [0.2, 0.25) is 5.95 Å². The summed E-state index contributed by atoms with van der Waals surface area (Å²) in [6.45, 7) is 1.28. The highest BCUT2D eigenvalue weighted by atomic mass is 19.1. The highest BCUT2D eigenvalue weighted by Crippen LogP contribution is 2.16. The number of carbonyl (C=O) groups is 1. The number of hydrogen-bond acceptors (Lipinski definition) is 3. The van der Waals surface area contributed by atoms with Crippen LogP contribution >= 0.6 is 0 Å². The van der Waals surface area contributed by atoms with Crippen LogP contribution in [0.4, 0.5) is 4.39 Å². The molecule has 0 unspecified atom stereocenters. The molecular formula is C11H9FN2O2. The first kappa shape index (κ1) is 10.4. The summed E-state index contributed by atoms with van der Waals surface area (Å²) in [6, 6.07) is 5.86. The van der Waals surface area contributed by atoms with E-state index in [4.69, 9.17) is 5.11 Å². The normalized spacial score (nSPS) is 10.4. The van der Waals surface area contributed by atoms with Gasteiger partial charge in [0.1, 0.15) is 5.75 Å². The molecule has 0 spiro atoms. The van der Waals surface area contributed by atoms with E-state index in [0.717, 1.165) is 4.68 Å². The number of rotatable bonds is 2. The van der Waals surface area contributed by atoms with Crippen molar-refractivity contribution in [2.24, 2.45) is 0 Å². The molecule has 0 saturated carbocycles. The van der Waals surface area contributed by atoms with Crippen LogP contribution < -0.4 is 0 Å². The molecule has 2 aromatic rings. The lowest BCUT2D eigenvalue weighted by Crippen LogP contribution is -2.02. The number of nitrogens with zero attached hydrogens (tertiary/aromatic N) is 2. The smallest absolute Gasteiger partial charge is 0.227 e. The van der Waals surface area contributed by atoms with Crippen LogP contribution in [0.2, 0.25) is 0 Å². The van der Waals surface area contributed by atoms with Gasteiger partial charge in [0.05, 0.1) is 17.4 Å². The molecule has 1 aromatic carbocycles. The van der Waals surface area contributed by atoms with Crippen LogP contribution in [-0.4, -0.2) is 20.7 Å². The monoisotopic (exact) mass is 220 g/mol. The number of aromatic nitrogens is 2. The highest BCUT2D eigenvalue weighted by Gasteiger charge is 2.14. The summed E-state index contributed by atoms with van der Waals surface area (Å²) in [5, 5.41) is 12.9. The Morgan fingerprint density at radius 2 is 2.00 bits per heavy atom. The fourth-order valence-corrected chi connectivity index (χ4v) is 1.34. The van der Waals surface area contributed by atoms with Gasteiger partial charge in [-0.2, -0.15) is 9.49 Å². The Balaban J connectivity index is 2.49. The molecule has 0 aliphatic carbocycles. The van der Waals surface area contributed by atoms with Crippen LogP contribution in [-0.2, 0) is 0 Å². The van der Waals surface area contributed by atoms with E-state index >= 15 is 0 Å². The third kappa shape index (κ3) is 1.67. The lowest BCUT2D eigenvalue weighted by molar-refractivity contribution is 0.101. The van der Waals surface area contributed by atoms with Gasteiger partial charge in [-0.1, -0.05) is 0 Å². The zero-order chi connectivity index (χ0) is 11.7. The number of phenolic OH excluding ortho intramolecular Hbond substituents is 1. The van der Waals surface area contributed by atoms with Crippen LogP contribution in [0.25, 0.3) is 5.69 Å². The second kappa shape index (κ2) is 3.77. The van der Waals surface area contributed by atoms with Crippen LogP contribution in [0.5, 0.6) is 5.75 Å². The molecule has 2 rings (SSSR count). The van der Waals surface area contributed by atoms with Gasteiger partial charge in [-0.3, -0.25) is 4.79 Å². The molecule has 4 nitrogen and oxygen atoms in total. The second-order valence-corrected chi connectivity index (χ2v) is 3.33. The summed E-state index contributed by atoms with van der Waals surface area (Å²) in [4.78, 5) is 11.0. The number of aromatic hydroxyl groups is 1. The molecule has 82 valence electrons. The Labute approximate surface area is 90.9 Å². The molecule has 0 bridgehead atoms. The molecule has 0 aliphatic heterocycles. The van der Waals surface area contributed by atoms with E-state index in [1.165, 1.54) is 37.4 Å². The van der Waals surface area contributed by atoms with Gasteiger partial charge in [-0.25, -0.2) is 4.68 Å². The van der Waals surface area contributed by atoms with Gasteiger partial charge in [0, 0.05) is 0 Å². The first-order valence-electron chi connectivity index (χ1n) is 4.63. The fraction of sp³-hybridized carbons (Fsp3) is 0.0909. The van der Waals surface area contributed by atoms with Crippen LogP contribution in [0.15, 0.2) is 30.5 Å². The summed E-state index contributed by atoms with van der Waals surface area (Å²) >= 11 is 0. The van der Waals surface area contributed by atoms with E-state index < -0.39 is 5.95 Å². The van der Waals surface area contributed by atoms with Crippen molar-refractivity contribution in [1.29, 1.82) is 0 Å². The number of Topliss-reactive ketones (excluding diaryl/α,β-unsaturated/α-hetero) is 1. The zero-order valence-corrected chi connectivity index (χ0v) is 8.51. The maximum Gasteiger partial charge on any atom is 0.227 e. The minimum Gasteiger partial charge on any atom is -0.508 e. The number of hydrogen-bond donors (Lipinski definition) is 1. The minimum atomic E-state index is -0.696. The average Bonchev–Trinajstić information content (AvgIpc) is 2.61. The van der Waals surface area contributed by atoms with E-state index in [9.17, 15) is 9.18 Å². The first-order valence-corrected chi connectivity index (χ1v) is 4.63. The quantitative estimate of drug-likeness (QED) is 0.786. The predicted octanol–water partition coefficient (Wildman–Crippen LogP) is 1.92. The molecule has 0 atom stereocenters. The number of carbonyl (C=O) groups excluding carboxylic acids is 1. The van der Waals surface area contributed by atoms with E-state index in [1.807, 2.05) is 0 Å². The van der Waals surface area contributed by atoms with Crippen molar-refractivity contribution in [3.05, 3.63) is 42.0 Å². The summed E-state index contributed by atoms with van der Waals surface area (Å²) in [5.74, 6) is -0.983. The highest BCUT2D eigenvalue weighted by molar-refractivity contribution is 5.93. The fourth-order valence-electron chi connectivity index (χ4n) is 1.34. The van der Waals surface area contributed by atoms with Crippen molar-refractivity contribution >= 4 is 5.78 Å². The molecule has 0 amide bonds. The molecule has 1 aromatic heterocycles. The molecule has 0 aliphatic rings. The van der Waals surface area contributed by atoms with Crippen molar-refractivity contribution in [3.8, 4) is 11.4 Å². The van der Waals surface area contributed by atoms with Crippen LogP contribution in [0.1, 0.15) is 17.3 Å². The molecular weight excluding hydrogens is 211 g/mol. The topological polar surface area (TPSA) is 55.1 Å². The molecule has 0 saturated heterocycles. The van der Waals surface area contributed by atoms with Gasteiger partial charge in [0.25, 0.3) is 0 Å². The Bertz CT molecular complexity index is 531. The number of phenols is 1. The summed E-state index contributed by atoms with van der Waals surface area (Å²) in [5.41, 5.74) is 0.399. The maximum absolute atomic E-state index is 13.7. The maximum atomic E-state index is 13.7. The van der Waals surface area contributed by atoms with Crippen molar-refractivity contribution in [2.45, 2.75) is 6.92 Å². The minimum absolute atomic E-state index is 0.0481. The van der Waals surface area contributed by atoms with E-state index in [-0.39, 0.29) is 17.1 Å². The third-order valence-electron chi connectivity index (χ3n) is 2.18. The van der Waals surface area contributed by atoms with Crippen molar-refractivity contribution < 1.29 is 14.3 Å². The van der Waals surface area contributed by atoms with Gasteiger partial charge in [0.15, 0.2) is 5.78 Å². The first-order chi connectivity index (χ1) is 7.59. The molecule has 0 radical (unpaired) electrons. The lowest BCUT2D eigenvalue weighted by Gasteiger charge is -2.01. The zero-order valence-electron chi connectivity index (χ0n) is 8.51. The van der Waals surface area contributed by atoms with E-state index in [1.54, 1.807) is 0 Å². The van der Waals surface area contributed by atoms with Crippen molar-refractivity contribution in [1.82, 2.24) is 9.78 Å². The van der Waals surface area contributed by atoms with Gasteiger partial charge in [-0.05, 0) is 31.2 Å². The Kier molecular flexibility index (Phi) is 2.44. The average molecular weight is 220 g/mol. The van der Waals surface area contributed by atoms with Gasteiger partial charge < -0.3 is 5.11 Å². The second-order valence-electron chi connectivity index (χ2n) is 3.33. The molecule has 5 heteroatoms. The Hall–Kier alpha value is -2.17. The number of halogens is 1. The standard InChI is InChI=1S/C11H9FN2O2/c1-7(15)10-6-13-14(11(10)12)8-2-4-9(16)5-3-8/h2-6,16H,1H3. The summed E-state index contributed by atoms with van der Waals surface area (Å²) < 4.78 is 14.7. The van der Waals surface area contributed by atoms with E-state index in [2.05, 4.69) is 5.10 Å². The van der Waals surface area contributed by atoms with Crippen molar-refractivity contribution in [2.75, 3.05) is 0 Å². The lowest BCUT2D eigenvalue weighted by atomic mass is 10.2. The Morgan fingerprint density at radius 3 is 2.50 bits per heavy atom. The third-order valence-corrected chi connectivity index (χ3v) is 2.18. The SMILES string of the molecule is CC(=O)c1cnn(-c2ccc(O)cc2)c1F. The van der Waals surface area contributed by atoms with Crippen LogP contribution in [0.3, 0.4) is 0 Å². The van der Waals surface area contributed by atoms with Gasteiger partial charge >= 0.3 is 0 Å². The molecule has 1 heterocycles. The molecule has 1 N–H and O–H groups in total.